The number of hydrogen-bond acceptors (Lipinski definition) is 6. The summed E-state index contributed by atoms with van der Waals surface area (Å²) in [5.74, 6) is -0.144. The highest BCUT2D eigenvalue weighted by Gasteiger charge is 2.23. The highest BCUT2D eigenvalue weighted by molar-refractivity contribution is 6.11. The van der Waals surface area contributed by atoms with Gasteiger partial charge >= 0.3 is 5.97 Å². The highest BCUT2D eigenvalue weighted by Crippen LogP contribution is 2.31. The Balaban J connectivity index is 2.24. The third-order valence-corrected chi connectivity index (χ3v) is 4.25. The lowest BCUT2D eigenvalue weighted by atomic mass is 10.2. The lowest BCUT2D eigenvalue weighted by Gasteiger charge is -2.19. The molecular formula is C19H28N3O6+. The molecule has 1 heterocycles. The van der Waals surface area contributed by atoms with E-state index in [1.807, 2.05) is 7.05 Å². The number of carbonyl (C=O) groups is 2. The van der Waals surface area contributed by atoms with Crippen molar-refractivity contribution in [3.8, 4) is 5.75 Å². The molecule has 0 spiro atoms. The summed E-state index contributed by atoms with van der Waals surface area (Å²) >= 11 is 0. The summed E-state index contributed by atoms with van der Waals surface area (Å²) in [5, 5.41) is 3.53. The van der Waals surface area contributed by atoms with Crippen LogP contribution in [0, 0.1) is 0 Å². The van der Waals surface area contributed by atoms with Crippen molar-refractivity contribution < 1.29 is 33.4 Å². The van der Waals surface area contributed by atoms with Gasteiger partial charge in [0.15, 0.2) is 6.54 Å². The Morgan fingerprint density at radius 1 is 1.21 bits per heavy atom. The minimum Gasteiger partial charge on any atom is -0.497 e. The maximum absolute atomic E-state index is 12.6. The van der Waals surface area contributed by atoms with E-state index in [2.05, 4.69) is 10.3 Å². The van der Waals surface area contributed by atoms with Crippen molar-refractivity contribution in [3.63, 3.8) is 0 Å². The van der Waals surface area contributed by atoms with Crippen LogP contribution in [0.3, 0.4) is 0 Å². The van der Waals surface area contributed by atoms with Crippen LogP contribution >= 0.6 is 0 Å². The first-order chi connectivity index (χ1) is 13.4. The fraction of sp³-hybridized carbons (Fsp3) is 0.474. The van der Waals surface area contributed by atoms with Crippen LogP contribution in [-0.4, -0.2) is 71.2 Å². The maximum Gasteiger partial charge on any atom is 0.356 e. The zero-order chi connectivity index (χ0) is 20.7. The van der Waals surface area contributed by atoms with E-state index in [0.29, 0.717) is 28.9 Å². The normalized spacial score (nSPS) is 12.2. The van der Waals surface area contributed by atoms with Gasteiger partial charge in [0.2, 0.25) is 6.29 Å². The number of aromatic amines is 1. The Bertz CT molecular complexity index is 815. The van der Waals surface area contributed by atoms with Crippen LogP contribution < -0.4 is 15.0 Å². The smallest absolute Gasteiger partial charge is 0.356 e. The minimum absolute atomic E-state index is 0.175. The number of nitrogens with one attached hydrogen (secondary N) is 3. The van der Waals surface area contributed by atoms with Gasteiger partial charge in [0.05, 0.1) is 32.0 Å². The molecule has 0 fully saturated rings. The average molecular weight is 394 g/mol. The molecule has 2 rings (SSSR count). The molecule has 0 saturated heterocycles. The molecule has 9 nitrogen and oxygen atoms in total. The number of ether oxygens (including phenoxy) is 4. The maximum atomic E-state index is 12.6. The quantitative estimate of drug-likeness (QED) is 0.399. The molecule has 0 aliphatic heterocycles. The van der Waals surface area contributed by atoms with E-state index in [0.717, 1.165) is 4.90 Å². The molecular weight excluding hydrogens is 366 g/mol. The predicted octanol–water partition coefficient (Wildman–Crippen LogP) is 0.425. The summed E-state index contributed by atoms with van der Waals surface area (Å²) in [6, 6.07) is 5.30. The minimum atomic E-state index is -0.535. The molecule has 1 aromatic heterocycles. The summed E-state index contributed by atoms with van der Waals surface area (Å²) in [6.45, 7) is 2.62. The van der Waals surface area contributed by atoms with Gasteiger partial charge in [0, 0.05) is 25.7 Å². The van der Waals surface area contributed by atoms with Crippen molar-refractivity contribution in [1.29, 1.82) is 0 Å². The van der Waals surface area contributed by atoms with Gasteiger partial charge in [-0.3, -0.25) is 4.79 Å². The fourth-order valence-electron chi connectivity index (χ4n) is 2.87. The number of esters is 1. The number of benzene rings is 1. The lowest BCUT2D eigenvalue weighted by molar-refractivity contribution is -0.877. The van der Waals surface area contributed by atoms with Gasteiger partial charge in [-0.15, -0.1) is 0 Å². The molecule has 0 saturated carbocycles. The van der Waals surface area contributed by atoms with Crippen LogP contribution in [0.25, 0.3) is 10.9 Å². The van der Waals surface area contributed by atoms with Crippen LogP contribution in [0.1, 0.15) is 17.4 Å². The molecule has 3 N–H and O–H groups in total. The third-order valence-electron chi connectivity index (χ3n) is 4.25. The zero-order valence-corrected chi connectivity index (χ0v) is 16.9. The molecule has 154 valence electrons. The lowest BCUT2D eigenvalue weighted by Crippen LogP contribution is -3.11. The van der Waals surface area contributed by atoms with Crippen LogP contribution in [0.5, 0.6) is 5.75 Å². The van der Waals surface area contributed by atoms with Gasteiger partial charge in [0.1, 0.15) is 18.0 Å². The van der Waals surface area contributed by atoms with Gasteiger partial charge < -0.3 is 34.1 Å². The Morgan fingerprint density at radius 2 is 1.93 bits per heavy atom. The van der Waals surface area contributed by atoms with Crippen molar-refractivity contribution in [3.05, 3.63) is 23.9 Å². The molecule has 1 aromatic carbocycles. The number of hydrogen-bond donors (Lipinski definition) is 3. The summed E-state index contributed by atoms with van der Waals surface area (Å²) in [7, 11) is 6.52. The summed E-state index contributed by atoms with van der Waals surface area (Å²) in [5.41, 5.74) is 1.25. The van der Waals surface area contributed by atoms with Gasteiger partial charge in [-0.05, 0) is 19.1 Å². The third kappa shape index (κ3) is 5.22. The van der Waals surface area contributed by atoms with Crippen molar-refractivity contribution in [2.24, 2.45) is 0 Å². The number of amides is 1. The van der Waals surface area contributed by atoms with Gasteiger partial charge in [-0.1, -0.05) is 0 Å². The number of likely N-dealkylation sites (N-methyl/N-ethyl adjacent to an activating group) is 1. The molecule has 1 unspecified atom stereocenters. The molecule has 0 radical (unpaired) electrons. The van der Waals surface area contributed by atoms with E-state index < -0.39 is 12.3 Å². The van der Waals surface area contributed by atoms with E-state index in [-0.39, 0.29) is 24.8 Å². The Hall–Kier alpha value is -2.62. The van der Waals surface area contributed by atoms with Gasteiger partial charge in [-0.25, -0.2) is 4.79 Å². The number of fused-ring (bicyclic) bond motifs is 1. The van der Waals surface area contributed by atoms with Crippen LogP contribution in [0.2, 0.25) is 0 Å². The largest absolute Gasteiger partial charge is 0.497 e. The first-order valence-corrected chi connectivity index (χ1v) is 8.97. The Labute approximate surface area is 163 Å². The number of quaternary nitrogens is 1. The van der Waals surface area contributed by atoms with Crippen molar-refractivity contribution in [2.45, 2.75) is 13.2 Å². The van der Waals surface area contributed by atoms with Crippen molar-refractivity contribution in [2.75, 3.05) is 53.4 Å². The average Bonchev–Trinajstić information content (AvgIpc) is 3.03. The second kappa shape index (κ2) is 10.1. The van der Waals surface area contributed by atoms with E-state index in [1.54, 1.807) is 46.5 Å². The van der Waals surface area contributed by atoms with Crippen LogP contribution in [-0.2, 0) is 19.0 Å². The van der Waals surface area contributed by atoms with Crippen molar-refractivity contribution in [1.82, 2.24) is 4.98 Å². The standard InChI is InChI=1S/C19H27N3O6/c1-6-28-19(24)18-17(13-8-7-12(25-3)9-14(13)20-18)21-15(23)10-22(2)11-16(26-4)27-5/h7-9,16,20H,6,10-11H2,1-5H3,(H,21,23)/p+1. The number of aromatic nitrogens is 1. The van der Waals surface area contributed by atoms with E-state index in [4.69, 9.17) is 18.9 Å². The number of rotatable bonds is 10. The van der Waals surface area contributed by atoms with Crippen LogP contribution in [0.4, 0.5) is 5.69 Å². The topological polar surface area (TPSA) is 103 Å². The predicted molar refractivity (Wildman–Crippen MR) is 104 cm³/mol. The second-order valence-corrected chi connectivity index (χ2v) is 6.29. The molecule has 9 heteroatoms. The Kier molecular flexibility index (Phi) is 7.80. The molecule has 1 amide bonds. The monoisotopic (exact) mass is 394 g/mol. The first kappa shape index (κ1) is 21.7. The van der Waals surface area contributed by atoms with Crippen molar-refractivity contribution >= 4 is 28.5 Å². The second-order valence-electron chi connectivity index (χ2n) is 6.29. The highest BCUT2D eigenvalue weighted by atomic mass is 16.7. The molecule has 0 aliphatic carbocycles. The van der Waals surface area contributed by atoms with Gasteiger partial charge in [-0.2, -0.15) is 0 Å². The summed E-state index contributed by atoms with van der Waals surface area (Å²) in [4.78, 5) is 28.8. The Morgan fingerprint density at radius 3 is 2.54 bits per heavy atom. The summed E-state index contributed by atoms with van der Waals surface area (Å²) in [6.07, 6.45) is -0.400. The van der Waals surface area contributed by atoms with E-state index in [1.165, 1.54) is 0 Å². The molecule has 0 aliphatic rings. The van der Waals surface area contributed by atoms with E-state index in [9.17, 15) is 9.59 Å². The van der Waals surface area contributed by atoms with Gasteiger partial charge in [0.25, 0.3) is 5.91 Å². The van der Waals surface area contributed by atoms with E-state index >= 15 is 0 Å². The number of anilines is 1. The number of methoxy groups -OCH3 is 3. The molecule has 2 aromatic rings. The van der Waals surface area contributed by atoms with Crippen LogP contribution in [0.15, 0.2) is 18.2 Å². The molecule has 0 bridgehead atoms. The fourth-order valence-corrected chi connectivity index (χ4v) is 2.87. The summed E-state index contributed by atoms with van der Waals surface area (Å²) < 4.78 is 20.7. The first-order valence-electron chi connectivity index (χ1n) is 8.97. The molecule has 1 atom stereocenters. The number of carbonyl (C=O) groups excluding carboxylic acids is 2. The SMILES string of the molecule is CCOC(=O)c1[nH]c2cc(OC)ccc2c1NC(=O)C[NH+](C)CC(OC)OC. The molecule has 28 heavy (non-hydrogen) atoms. The zero-order valence-electron chi connectivity index (χ0n) is 16.9. The number of H-pyrrole nitrogens is 1.